The molecule has 8 heteroatoms. The summed E-state index contributed by atoms with van der Waals surface area (Å²) in [6.07, 6.45) is 5.20. The third-order valence-electron chi connectivity index (χ3n) is 6.56. The number of nitrogens with zero attached hydrogens (tertiary/aromatic N) is 2. The van der Waals surface area contributed by atoms with Crippen molar-refractivity contribution >= 4 is 17.6 Å². The number of carbonyl (C=O) groups is 2. The molecule has 1 unspecified atom stereocenters. The van der Waals surface area contributed by atoms with Crippen LogP contribution in [0.2, 0.25) is 0 Å². The molecule has 0 spiro atoms. The summed E-state index contributed by atoms with van der Waals surface area (Å²) in [5, 5.41) is 10.2. The van der Waals surface area contributed by atoms with Gasteiger partial charge in [-0.1, -0.05) is 48.9 Å². The Morgan fingerprint density at radius 3 is 2.22 bits per heavy atom. The number of esters is 2. The predicted molar refractivity (Wildman–Crippen MR) is 133 cm³/mol. The van der Waals surface area contributed by atoms with E-state index in [1.807, 2.05) is 12.1 Å². The molecule has 1 aliphatic carbocycles. The highest BCUT2D eigenvalue weighted by Gasteiger charge is 2.43. The third kappa shape index (κ3) is 4.65. The molecule has 36 heavy (non-hydrogen) atoms. The van der Waals surface area contributed by atoms with Gasteiger partial charge in [0, 0.05) is 0 Å². The summed E-state index contributed by atoms with van der Waals surface area (Å²) in [7, 11) is 2.45. The second-order valence-electron chi connectivity index (χ2n) is 8.68. The molecule has 1 aliphatic heterocycles. The normalized spacial score (nSPS) is 18.5. The first-order valence-electron chi connectivity index (χ1n) is 11.9. The van der Waals surface area contributed by atoms with E-state index in [1.54, 1.807) is 42.5 Å². The lowest BCUT2D eigenvalue weighted by molar-refractivity contribution is -0.139. The predicted octanol–water partition coefficient (Wildman–Crippen LogP) is 4.30. The van der Waals surface area contributed by atoms with Gasteiger partial charge >= 0.3 is 11.9 Å². The Morgan fingerprint density at radius 2 is 1.58 bits per heavy atom. The summed E-state index contributed by atoms with van der Waals surface area (Å²) in [5.74, 6) is -1.96. The fourth-order valence-electron chi connectivity index (χ4n) is 4.87. The Morgan fingerprint density at radius 1 is 0.944 bits per heavy atom. The van der Waals surface area contributed by atoms with Gasteiger partial charge in [0.05, 0.1) is 49.1 Å². The molecular weight excluding hydrogens is 458 g/mol. The number of nitrogens with two attached hydrogens (primary N) is 1. The third-order valence-corrected chi connectivity index (χ3v) is 6.56. The van der Waals surface area contributed by atoms with Crippen LogP contribution in [0.5, 0.6) is 5.75 Å². The van der Waals surface area contributed by atoms with Gasteiger partial charge in [-0.2, -0.15) is 5.26 Å². The number of allylic oxidation sites excluding steroid dienone is 1. The standard InChI is InChI=1S/C28H29N3O5/c1-34-27(32)24-23(18-11-5-3-6-12-18)20(17-29)26(30)31(25(24)28(33)35-2)21-15-9-10-16-22(21)36-19-13-7-4-8-14-19/h3,5-6,9-12,15-16,19,23H,4,7-8,13-14,30H2,1-2H3. The van der Waals surface area contributed by atoms with Gasteiger partial charge in [0.1, 0.15) is 17.3 Å². The van der Waals surface area contributed by atoms with E-state index in [1.165, 1.54) is 25.5 Å². The van der Waals surface area contributed by atoms with E-state index in [4.69, 9.17) is 19.9 Å². The zero-order valence-corrected chi connectivity index (χ0v) is 20.4. The molecule has 0 amide bonds. The Hall–Kier alpha value is -4.25. The van der Waals surface area contributed by atoms with Crippen LogP contribution >= 0.6 is 0 Å². The highest BCUT2D eigenvalue weighted by molar-refractivity contribution is 6.06. The summed E-state index contributed by atoms with van der Waals surface area (Å²) in [5.41, 5.74) is 7.63. The number of methoxy groups -OCH3 is 2. The number of rotatable bonds is 6. The molecule has 8 nitrogen and oxygen atoms in total. The molecule has 1 atom stereocenters. The van der Waals surface area contributed by atoms with E-state index in [-0.39, 0.29) is 28.8 Å². The molecule has 2 N–H and O–H groups in total. The maximum atomic E-state index is 13.3. The van der Waals surface area contributed by atoms with Crippen LogP contribution in [-0.2, 0) is 19.1 Å². The SMILES string of the molecule is COC(=O)C1=C(C(=O)OC)N(c2ccccc2OC2CCCCC2)C(N)=C(C#N)C1c1ccccc1. The van der Waals surface area contributed by atoms with Crippen LogP contribution < -0.4 is 15.4 Å². The number of ether oxygens (including phenoxy) is 3. The number of carbonyl (C=O) groups excluding carboxylic acids is 2. The first-order valence-corrected chi connectivity index (χ1v) is 11.9. The van der Waals surface area contributed by atoms with E-state index in [0.29, 0.717) is 17.0 Å². The van der Waals surface area contributed by atoms with E-state index in [2.05, 4.69) is 6.07 Å². The van der Waals surface area contributed by atoms with Crippen LogP contribution in [0.25, 0.3) is 0 Å². The lowest BCUT2D eigenvalue weighted by Crippen LogP contribution is -2.41. The molecule has 1 heterocycles. The molecule has 186 valence electrons. The molecule has 2 aliphatic rings. The molecular formula is C28H29N3O5. The van der Waals surface area contributed by atoms with Crippen LogP contribution in [0, 0.1) is 11.3 Å². The molecule has 1 fully saturated rings. The molecule has 0 bridgehead atoms. The minimum Gasteiger partial charge on any atom is -0.488 e. The fraction of sp³-hybridized carbons (Fsp3) is 0.321. The lowest BCUT2D eigenvalue weighted by Gasteiger charge is -2.37. The first-order chi connectivity index (χ1) is 17.5. The molecule has 2 aromatic carbocycles. The summed E-state index contributed by atoms with van der Waals surface area (Å²) >= 11 is 0. The molecule has 0 radical (unpaired) electrons. The van der Waals surface area contributed by atoms with Gasteiger partial charge in [-0.05, 0) is 43.4 Å². The van der Waals surface area contributed by atoms with Crippen molar-refractivity contribution in [3.05, 3.63) is 82.8 Å². The Kier molecular flexibility index (Phi) is 7.59. The highest BCUT2D eigenvalue weighted by atomic mass is 16.5. The van der Waals surface area contributed by atoms with Gasteiger partial charge in [0.25, 0.3) is 0 Å². The van der Waals surface area contributed by atoms with Crippen molar-refractivity contribution in [1.82, 2.24) is 0 Å². The minimum absolute atomic E-state index is 0.0131. The topological polar surface area (TPSA) is 115 Å². The van der Waals surface area contributed by atoms with Gasteiger partial charge in [0.2, 0.25) is 0 Å². The molecule has 1 saturated carbocycles. The van der Waals surface area contributed by atoms with Gasteiger partial charge in [-0.25, -0.2) is 9.59 Å². The summed E-state index contributed by atoms with van der Waals surface area (Å²) < 4.78 is 16.6. The number of anilines is 1. The van der Waals surface area contributed by atoms with E-state index in [0.717, 1.165) is 25.7 Å². The molecule has 2 aromatic rings. The monoisotopic (exact) mass is 487 g/mol. The minimum atomic E-state index is -0.916. The van der Waals surface area contributed by atoms with Crippen molar-refractivity contribution in [1.29, 1.82) is 5.26 Å². The van der Waals surface area contributed by atoms with Crippen molar-refractivity contribution in [3.63, 3.8) is 0 Å². The van der Waals surface area contributed by atoms with Crippen molar-refractivity contribution in [2.45, 2.75) is 44.1 Å². The number of hydrogen-bond acceptors (Lipinski definition) is 8. The Bertz CT molecular complexity index is 1240. The van der Waals surface area contributed by atoms with Gasteiger partial charge < -0.3 is 19.9 Å². The summed E-state index contributed by atoms with van der Waals surface area (Å²) in [6, 6.07) is 18.2. The van der Waals surface area contributed by atoms with Crippen LogP contribution in [0.15, 0.2) is 77.3 Å². The van der Waals surface area contributed by atoms with Crippen LogP contribution in [0.3, 0.4) is 0 Å². The second kappa shape index (κ2) is 11.0. The maximum absolute atomic E-state index is 13.3. The smallest absolute Gasteiger partial charge is 0.355 e. The van der Waals surface area contributed by atoms with Crippen molar-refractivity contribution in [3.8, 4) is 11.8 Å². The van der Waals surface area contributed by atoms with E-state index >= 15 is 0 Å². The highest BCUT2D eigenvalue weighted by Crippen LogP contribution is 2.45. The van der Waals surface area contributed by atoms with Crippen LogP contribution in [0.4, 0.5) is 5.69 Å². The van der Waals surface area contributed by atoms with Crippen LogP contribution in [0.1, 0.15) is 43.6 Å². The number of hydrogen-bond donors (Lipinski definition) is 1. The zero-order chi connectivity index (χ0) is 25.7. The first kappa shape index (κ1) is 24.9. The quantitative estimate of drug-likeness (QED) is 0.600. The lowest BCUT2D eigenvalue weighted by atomic mass is 9.81. The number of benzene rings is 2. The van der Waals surface area contributed by atoms with Gasteiger partial charge in [-0.3, -0.25) is 4.90 Å². The van der Waals surface area contributed by atoms with E-state index < -0.39 is 17.9 Å². The Labute approximate surface area is 210 Å². The fourth-order valence-corrected chi connectivity index (χ4v) is 4.87. The van der Waals surface area contributed by atoms with Crippen molar-refractivity contribution in [2.24, 2.45) is 5.73 Å². The summed E-state index contributed by atoms with van der Waals surface area (Å²) in [4.78, 5) is 27.9. The van der Waals surface area contributed by atoms with Gasteiger partial charge in [-0.15, -0.1) is 0 Å². The second-order valence-corrected chi connectivity index (χ2v) is 8.68. The Balaban J connectivity index is 1.96. The van der Waals surface area contributed by atoms with E-state index in [9.17, 15) is 14.9 Å². The summed E-state index contributed by atoms with van der Waals surface area (Å²) in [6.45, 7) is 0. The number of nitriles is 1. The van der Waals surface area contributed by atoms with Crippen molar-refractivity contribution in [2.75, 3.05) is 19.1 Å². The largest absolute Gasteiger partial charge is 0.488 e. The molecule has 4 rings (SSSR count). The molecule has 0 aromatic heterocycles. The van der Waals surface area contributed by atoms with Crippen LogP contribution in [-0.4, -0.2) is 32.3 Å². The average molecular weight is 488 g/mol. The molecule has 0 saturated heterocycles. The maximum Gasteiger partial charge on any atom is 0.355 e. The van der Waals surface area contributed by atoms with Crippen molar-refractivity contribution < 1.29 is 23.8 Å². The zero-order valence-electron chi connectivity index (χ0n) is 20.4. The van der Waals surface area contributed by atoms with Gasteiger partial charge in [0.15, 0.2) is 0 Å². The average Bonchev–Trinajstić information content (AvgIpc) is 2.93. The number of para-hydroxylation sites is 2.